The van der Waals surface area contributed by atoms with Gasteiger partial charge in [-0.1, -0.05) is 11.6 Å². The second-order valence-electron chi connectivity index (χ2n) is 4.00. The summed E-state index contributed by atoms with van der Waals surface area (Å²) >= 11 is 6.09. The van der Waals surface area contributed by atoms with E-state index in [9.17, 15) is 4.79 Å². The number of hydrogen-bond donors (Lipinski definition) is 1. The number of nitrogens with zero attached hydrogens (tertiary/aromatic N) is 3. The first kappa shape index (κ1) is 13.4. The van der Waals surface area contributed by atoms with E-state index < -0.39 is 5.97 Å². The first-order valence-electron chi connectivity index (χ1n) is 5.52. The van der Waals surface area contributed by atoms with E-state index in [0.717, 1.165) is 0 Å². The van der Waals surface area contributed by atoms with E-state index in [-0.39, 0.29) is 5.69 Å². The molecule has 100 valence electrons. The number of hydrogen-bond acceptors (Lipinski definition) is 5. The van der Waals surface area contributed by atoms with Crippen molar-refractivity contribution in [3.8, 4) is 5.82 Å². The van der Waals surface area contributed by atoms with Crippen molar-refractivity contribution in [1.82, 2.24) is 14.8 Å². The highest BCUT2D eigenvalue weighted by Gasteiger charge is 2.16. The molecule has 0 aromatic carbocycles. The Kier molecular flexibility index (Phi) is 3.44. The predicted octanol–water partition coefficient (Wildman–Crippen LogP) is 1.91. The summed E-state index contributed by atoms with van der Waals surface area (Å²) in [6.07, 6.45) is 0. The molecule has 0 unspecified atom stereocenters. The summed E-state index contributed by atoms with van der Waals surface area (Å²) in [5.41, 5.74) is 7.81. The highest BCUT2D eigenvalue weighted by Crippen LogP contribution is 2.24. The number of rotatable bonds is 2. The second-order valence-corrected chi connectivity index (χ2v) is 4.38. The summed E-state index contributed by atoms with van der Waals surface area (Å²) in [5, 5.41) is 4.80. The van der Waals surface area contributed by atoms with E-state index in [1.165, 1.54) is 17.9 Å². The van der Waals surface area contributed by atoms with E-state index in [2.05, 4.69) is 14.8 Å². The molecule has 0 radical (unpaired) electrons. The van der Waals surface area contributed by atoms with Crippen LogP contribution in [0.15, 0.2) is 12.1 Å². The van der Waals surface area contributed by atoms with E-state index in [4.69, 9.17) is 17.3 Å². The summed E-state index contributed by atoms with van der Waals surface area (Å²) in [5.74, 6) is -0.177. The molecule has 19 heavy (non-hydrogen) atoms. The van der Waals surface area contributed by atoms with Crippen molar-refractivity contribution in [2.45, 2.75) is 13.8 Å². The number of halogens is 1. The van der Waals surface area contributed by atoms with Crippen LogP contribution in [-0.2, 0) is 4.74 Å². The minimum absolute atomic E-state index is 0.162. The van der Waals surface area contributed by atoms with Gasteiger partial charge in [-0.25, -0.2) is 14.5 Å². The molecule has 2 rings (SSSR count). The number of aryl methyl sites for hydroxylation is 1. The molecule has 0 aliphatic heterocycles. The first-order chi connectivity index (χ1) is 8.95. The highest BCUT2D eigenvalue weighted by atomic mass is 35.5. The lowest BCUT2D eigenvalue weighted by Gasteiger charge is -2.08. The van der Waals surface area contributed by atoms with Crippen LogP contribution < -0.4 is 5.73 Å². The van der Waals surface area contributed by atoms with Gasteiger partial charge in [-0.3, -0.25) is 0 Å². The van der Waals surface area contributed by atoms with Crippen LogP contribution in [0.25, 0.3) is 5.82 Å². The normalized spacial score (nSPS) is 10.5. The van der Waals surface area contributed by atoms with Crippen molar-refractivity contribution in [1.29, 1.82) is 0 Å². The van der Waals surface area contributed by atoms with E-state index in [1.54, 1.807) is 19.9 Å². The van der Waals surface area contributed by atoms with Gasteiger partial charge in [0.15, 0.2) is 11.5 Å². The number of nitrogen functional groups attached to an aromatic ring is 1. The van der Waals surface area contributed by atoms with Gasteiger partial charge in [-0.15, -0.1) is 0 Å². The van der Waals surface area contributed by atoms with Crippen LogP contribution in [-0.4, -0.2) is 27.8 Å². The standard InChI is InChI=1S/C12H13ClN4O2/c1-6-10(13)7(2)17(16-6)11-8(14)4-5-9(15-11)12(18)19-3/h4-5H,14H2,1-3H3. The largest absolute Gasteiger partial charge is 0.464 e. The lowest BCUT2D eigenvalue weighted by atomic mass is 10.3. The molecule has 0 atom stereocenters. The molecule has 2 aromatic rings. The number of ether oxygens (including phenoxy) is 1. The Hall–Kier alpha value is -2.08. The van der Waals surface area contributed by atoms with E-state index in [1.807, 2.05) is 0 Å². The zero-order valence-electron chi connectivity index (χ0n) is 10.8. The zero-order valence-corrected chi connectivity index (χ0v) is 11.5. The molecule has 0 aliphatic rings. The Morgan fingerprint density at radius 1 is 1.42 bits per heavy atom. The molecule has 0 saturated carbocycles. The maximum absolute atomic E-state index is 11.5. The lowest BCUT2D eigenvalue weighted by molar-refractivity contribution is 0.0594. The van der Waals surface area contributed by atoms with Gasteiger partial charge in [0.2, 0.25) is 0 Å². The molecule has 6 nitrogen and oxygen atoms in total. The van der Waals surface area contributed by atoms with Crippen LogP contribution in [0.2, 0.25) is 5.02 Å². The predicted molar refractivity (Wildman–Crippen MR) is 71.6 cm³/mol. The Morgan fingerprint density at radius 2 is 2.11 bits per heavy atom. The molecular weight excluding hydrogens is 268 g/mol. The lowest BCUT2D eigenvalue weighted by Crippen LogP contribution is -2.11. The van der Waals surface area contributed by atoms with Crippen molar-refractivity contribution < 1.29 is 9.53 Å². The third-order valence-corrected chi connectivity index (χ3v) is 3.25. The molecule has 0 spiro atoms. The van der Waals surface area contributed by atoms with Crippen LogP contribution in [0, 0.1) is 13.8 Å². The molecule has 7 heteroatoms. The molecule has 0 saturated heterocycles. The molecule has 0 fully saturated rings. The smallest absolute Gasteiger partial charge is 0.356 e. The molecule has 2 heterocycles. The van der Waals surface area contributed by atoms with Gasteiger partial charge in [-0.2, -0.15) is 5.10 Å². The molecular formula is C12H13ClN4O2. The maximum atomic E-state index is 11.5. The number of pyridine rings is 1. The van der Waals surface area contributed by atoms with Crippen LogP contribution in [0.1, 0.15) is 21.9 Å². The summed E-state index contributed by atoms with van der Waals surface area (Å²) in [7, 11) is 1.29. The summed E-state index contributed by atoms with van der Waals surface area (Å²) in [6, 6.07) is 3.08. The number of nitrogens with two attached hydrogens (primary N) is 1. The Bertz CT molecular complexity index is 651. The van der Waals surface area contributed by atoms with Crippen molar-refractivity contribution in [3.05, 3.63) is 34.2 Å². The number of anilines is 1. The monoisotopic (exact) mass is 280 g/mol. The number of carbonyl (C=O) groups excluding carboxylic acids is 1. The summed E-state index contributed by atoms with van der Waals surface area (Å²) in [6.45, 7) is 3.58. The second kappa shape index (κ2) is 4.89. The summed E-state index contributed by atoms with van der Waals surface area (Å²) in [4.78, 5) is 15.7. The molecule has 0 amide bonds. The van der Waals surface area contributed by atoms with Crippen LogP contribution in [0.3, 0.4) is 0 Å². The van der Waals surface area contributed by atoms with E-state index in [0.29, 0.717) is 27.9 Å². The number of carbonyl (C=O) groups is 1. The Balaban J connectivity index is 2.61. The van der Waals surface area contributed by atoms with Gasteiger partial charge in [0.1, 0.15) is 0 Å². The zero-order chi connectivity index (χ0) is 14.2. The first-order valence-corrected chi connectivity index (χ1v) is 5.90. The van der Waals surface area contributed by atoms with Crippen molar-refractivity contribution in [2.24, 2.45) is 0 Å². The SMILES string of the molecule is COC(=O)c1ccc(N)c(-n2nc(C)c(Cl)c2C)n1. The third kappa shape index (κ3) is 2.26. The number of methoxy groups -OCH3 is 1. The van der Waals surface area contributed by atoms with Crippen molar-refractivity contribution >= 4 is 23.3 Å². The van der Waals surface area contributed by atoms with E-state index >= 15 is 0 Å². The van der Waals surface area contributed by atoms with Crippen molar-refractivity contribution in [2.75, 3.05) is 12.8 Å². The number of esters is 1. The fourth-order valence-corrected chi connectivity index (χ4v) is 1.79. The molecule has 2 N–H and O–H groups in total. The molecule has 0 bridgehead atoms. The maximum Gasteiger partial charge on any atom is 0.356 e. The topological polar surface area (TPSA) is 83.0 Å². The number of aromatic nitrogens is 3. The van der Waals surface area contributed by atoms with Gasteiger partial charge in [0.25, 0.3) is 0 Å². The fraction of sp³-hybridized carbons (Fsp3) is 0.250. The van der Waals surface area contributed by atoms with Gasteiger partial charge >= 0.3 is 5.97 Å². The van der Waals surface area contributed by atoms with Gasteiger partial charge in [0.05, 0.1) is 29.2 Å². The Labute approximate surface area is 115 Å². The quantitative estimate of drug-likeness (QED) is 0.850. The van der Waals surface area contributed by atoms with Crippen molar-refractivity contribution in [3.63, 3.8) is 0 Å². The van der Waals surface area contributed by atoms with Crippen LogP contribution in [0.5, 0.6) is 0 Å². The van der Waals surface area contributed by atoms with Crippen LogP contribution >= 0.6 is 11.6 Å². The molecule has 2 aromatic heterocycles. The fourth-order valence-electron chi connectivity index (χ4n) is 1.68. The third-order valence-electron chi connectivity index (χ3n) is 2.70. The average Bonchev–Trinajstić information content (AvgIpc) is 2.66. The highest BCUT2D eigenvalue weighted by molar-refractivity contribution is 6.31. The molecule has 0 aliphatic carbocycles. The summed E-state index contributed by atoms with van der Waals surface area (Å²) < 4.78 is 6.14. The van der Waals surface area contributed by atoms with Gasteiger partial charge in [0, 0.05) is 0 Å². The average molecular weight is 281 g/mol. The minimum atomic E-state index is -0.533. The Morgan fingerprint density at radius 3 is 2.63 bits per heavy atom. The van der Waals surface area contributed by atoms with Gasteiger partial charge < -0.3 is 10.5 Å². The minimum Gasteiger partial charge on any atom is -0.464 e. The van der Waals surface area contributed by atoms with Gasteiger partial charge in [-0.05, 0) is 26.0 Å². The van der Waals surface area contributed by atoms with Crippen LogP contribution in [0.4, 0.5) is 5.69 Å².